The molecule has 0 fully saturated rings. The zero-order chi connectivity index (χ0) is 40.7. The van der Waals surface area contributed by atoms with Gasteiger partial charge in [-0.05, 0) is 107 Å². The van der Waals surface area contributed by atoms with Crippen LogP contribution in [0.4, 0.5) is 28.4 Å². The van der Waals surface area contributed by atoms with Crippen molar-refractivity contribution in [2.75, 3.05) is 10.2 Å². The van der Waals surface area contributed by atoms with Gasteiger partial charge in [0.2, 0.25) is 0 Å². The Hall–Kier alpha value is -7.92. The Labute approximate surface area is 363 Å². The predicted molar refractivity (Wildman–Crippen MR) is 265 cm³/mol. The molecule has 0 spiro atoms. The summed E-state index contributed by atoms with van der Waals surface area (Å²) in [7, 11) is 0. The number of anilines is 5. The van der Waals surface area contributed by atoms with Crippen LogP contribution < -0.4 is 10.2 Å². The third kappa shape index (κ3) is 5.37. The molecule has 13 rings (SSSR count). The molecule has 1 aliphatic heterocycles. The zero-order valence-corrected chi connectivity index (χ0v) is 34.4. The van der Waals surface area contributed by atoms with Gasteiger partial charge in [-0.1, -0.05) is 133 Å². The summed E-state index contributed by atoms with van der Waals surface area (Å²) in [6.45, 7) is 0. The van der Waals surface area contributed by atoms with Crippen LogP contribution in [0.1, 0.15) is 0 Å². The van der Waals surface area contributed by atoms with Crippen molar-refractivity contribution in [1.82, 2.24) is 4.57 Å². The van der Waals surface area contributed by atoms with E-state index in [-0.39, 0.29) is 0 Å². The first-order valence-electron chi connectivity index (χ1n) is 21.2. The highest BCUT2D eigenvalue weighted by molar-refractivity contribution is 7.26. The van der Waals surface area contributed by atoms with Crippen LogP contribution in [-0.2, 0) is 0 Å². The molecular formula is C58H37N3S. The molecule has 3 nitrogen and oxygen atoms in total. The van der Waals surface area contributed by atoms with Crippen molar-refractivity contribution in [2.24, 2.45) is 0 Å². The standard InChI is InChI=1S/C58H37N3S/c1-3-15-37(16-4-1)38-17-13-20-41(33-38)61-54-28-12-9-23-45(54)47-35-42(30-31-55(47)61)60(40-18-5-2-6-19-40)53-27-11-8-21-43(53)39-29-32-56-48(34-39)50-36-49-44-22-7-10-25-51(44)59-52-26-14-24-46(57(49)52)58(50)62-56/h1-36,59H. The lowest BCUT2D eigenvalue weighted by Gasteiger charge is -2.28. The first-order valence-corrected chi connectivity index (χ1v) is 22.0. The number of hydrogen-bond acceptors (Lipinski definition) is 3. The molecule has 12 aromatic rings. The maximum Gasteiger partial charge on any atom is 0.0542 e. The number of para-hydroxylation sites is 4. The number of thiophene rings is 1. The van der Waals surface area contributed by atoms with Gasteiger partial charge in [-0.3, -0.25) is 0 Å². The minimum absolute atomic E-state index is 1.10. The molecule has 10 aromatic carbocycles. The van der Waals surface area contributed by atoms with Crippen molar-refractivity contribution in [3.63, 3.8) is 0 Å². The van der Waals surface area contributed by atoms with E-state index in [4.69, 9.17) is 0 Å². The van der Waals surface area contributed by atoms with Crippen LogP contribution in [-0.4, -0.2) is 4.57 Å². The maximum atomic E-state index is 3.71. The third-order valence-corrected chi connectivity index (χ3v) is 13.9. The van der Waals surface area contributed by atoms with Gasteiger partial charge in [0.05, 0.1) is 16.7 Å². The van der Waals surface area contributed by atoms with Gasteiger partial charge in [0.1, 0.15) is 0 Å². The lowest BCUT2D eigenvalue weighted by atomic mass is 9.90. The van der Waals surface area contributed by atoms with Gasteiger partial charge in [0.15, 0.2) is 0 Å². The van der Waals surface area contributed by atoms with E-state index in [0.29, 0.717) is 0 Å². The summed E-state index contributed by atoms with van der Waals surface area (Å²) in [5, 5.41) is 11.3. The number of aromatic nitrogens is 1. The molecule has 0 atom stereocenters. The number of nitrogens with zero attached hydrogens (tertiary/aromatic N) is 2. The molecule has 0 aliphatic carbocycles. The van der Waals surface area contributed by atoms with Crippen molar-refractivity contribution in [2.45, 2.75) is 0 Å². The monoisotopic (exact) mass is 807 g/mol. The number of nitrogens with one attached hydrogen (secondary N) is 1. The van der Waals surface area contributed by atoms with Gasteiger partial charge in [-0.15, -0.1) is 11.3 Å². The molecule has 4 heteroatoms. The Morgan fingerprint density at radius 1 is 0.387 bits per heavy atom. The Morgan fingerprint density at radius 3 is 2.00 bits per heavy atom. The molecule has 62 heavy (non-hydrogen) atoms. The quantitative estimate of drug-likeness (QED) is 0.181. The van der Waals surface area contributed by atoms with Crippen molar-refractivity contribution < 1.29 is 0 Å². The SMILES string of the molecule is c1ccc(-c2cccc(-n3c4ccccc4c4cc(N(c5ccccc5)c5ccccc5-c5ccc6sc7c8cccc9c8c(cc7c6c5)-c5ccccc5N9)ccc43)c2)cc1. The summed E-state index contributed by atoms with van der Waals surface area (Å²) in [5.74, 6) is 0. The van der Waals surface area contributed by atoms with Crippen molar-refractivity contribution in [3.05, 3.63) is 218 Å². The molecule has 0 unspecified atom stereocenters. The molecule has 0 saturated heterocycles. The highest BCUT2D eigenvalue weighted by Gasteiger charge is 2.23. The smallest absolute Gasteiger partial charge is 0.0542 e. The first kappa shape index (κ1) is 34.9. The second kappa shape index (κ2) is 13.8. The van der Waals surface area contributed by atoms with E-state index in [1.807, 2.05) is 11.3 Å². The van der Waals surface area contributed by atoms with E-state index in [1.54, 1.807) is 0 Å². The fourth-order valence-corrected chi connectivity index (χ4v) is 11.1. The molecule has 1 N–H and O–H groups in total. The Bertz CT molecular complexity index is 3730. The lowest BCUT2D eigenvalue weighted by molar-refractivity contribution is 1.18. The molecule has 0 bridgehead atoms. The number of benzene rings is 10. The summed E-state index contributed by atoms with van der Waals surface area (Å²) in [4.78, 5) is 2.43. The normalized spacial score (nSPS) is 12.0. The highest BCUT2D eigenvalue weighted by atomic mass is 32.1. The molecule has 0 saturated carbocycles. The second-order valence-corrected chi connectivity index (χ2v) is 17.2. The zero-order valence-electron chi connectivity index (χ0n) is 33.6. The Balaban J connectivity index is 0.988. The molecule has 290 valence electrons. The van der Waals surface area contributed by atoms with Crippen LogP contribution in [0.2, 0.25) is 0 Å². The van der Waals surface area contributed by atoms with Gasteiger partial charge in [0.25, 0.3) is 0 Å². The highest BCUT2D eigenvalue weighted by Crippen LogP contribution is 2.50. The van der Waals surface area contributed by atoms with E-state index in [0.717, 1.165) is 28.4 Å². The van der Waals surface area contributed by atoms with Gasteiger partial charge in [0, 0.05) is 81.3 Å². The van der Waals surface area contributed by atoms with Gasteiger partial charge in [-0.2, -0.15) is 0 Å². The van der Waals surface area contributed by atoms with Gasteiger partial charge < -0.3 is 14.8 Å². The topological polar surface area (TPSA) is 20.2 Å². The van der Waals surface area contributed by atoms with Crippen LogP contribution in [0.15, 0.2) is 218 Å². The summed E-state index contributed by atoms with van der Waals surface area (Å²) in [5.41, 5.74) is 16.5. The maximum absolute atomic E-state index is 3.71. The van der Waals surface area contributed by atoms with Crippen molar-refractivity contribution >= 4 is 92.5 Å². The van der Waals surface area contributed by atoms with Crippen LogP contribution in [0, 0.1) is 0 Å². The Kier molecular flexibility index (Phi) is 7.78. The van der Waals surface area contributed by atoms with Crippen LogP contribution >= 0.6 is 11.3 Å². The predicted octanol–water partition coefficient (Wildman–Crippen LogP) is 16.8. The minimum Gasteiger partial charge on any atom is -0.354 e. The molecule has 3 heterocycles. The van der Waals surface area contributed by atoms with Crippen LogP contribution in [0.5, 0.6) is 0 Å². The summed E-state index contributed by atoms with van der Waals surface area (Å²) >= 11 is 1.89. The van der Waals surface area contributed by atoms with Gasteiger partial charge in [-0.25, -0.2) is 0 Å². The number of rotatable bonds is 6. The van der Waals surface area contributed by atoms with E-state index < -0.39 is 0 Å². The summed E-state index contributed by atoms with van der Waals surface area (Å²) < 4.78 is 5.04. The molecule has 0 amide bonds. The average molecular weight is 808 g/mol. The Morgan fingerprint density at radius 2 is 1.10 bits per heavy atom. The summed E-state index contributed by atoms with van der Waals surface area (Å²) in [6.07, 6.45) is 0. The lowest BCUT2D eigenvalue weighted by Crippen LogP contribution is -2.11. The first-order chi connectivity index (χ1) is 30.7. The molecule has 0 radical (unpaired) electrons. The van der Waals surface area contributed by atoms with E-state index in [2.05, 4.69) is 233 Å². The second-order valence-electron chi connectivity index (χ2n) is 16.2. The van der Waals surface area contributed by atoms with E-state index in [9.17, 15) is 0 Å². The van der Waals surface area contributed by atoms with Crippen molar-refractivity contribution in [1.29, 1.82) is 0 Å². The van der Waals surface area contributed by atoms with E-state index in [1.165, 1.54) is 91.8 Å². The van der Waals surface area contributed by atoms with Crippen LogP contribution in [0.25, 0.3) is 91.8 Å². The number of hydrogen-bond donors (Lipinski definition) is 1. The molecule has 2 aromatic heterocycles. The summed E-state index contributed by atoms with van der Waals surface area (Å²) in [6, 6.07) is 79.8. The largest absolute Gasteiger partial charge is 0.354 e. The molecular weight excluding hydrogens is 771 g/mol. The van der Waals surface area contributed by atoms with Gasteiger partial charge >= 0.3 is 0 Å². The van der Waals surface area contributed by atoms with Crippen LogP contribution in [0.3, 0.4) is 0 Å². The fraction of sp³-hybridized carbons (Fsp3) is 0. The van der Waals surface area contributed by atoms with E-state index >= 15 is 0 Å². The molecule has 1 aliphatic rings. The number of fused-ring (bicyclic) bond motifs is 9. The third-order valence-electron chi connectivity index (χ3n) is 12.7. The minimum atomic E-state index is 1.10. The van der Waals surface area contributed by atoms with Crippen molar-refractivity contribution in [3.8, 4) is 39.1 Å². The average Bonchev–Trinajstić information content (AvgIpc) is 3.88. The fourth-order valence-electron chi connectivity index (χ4n) is 9.91.